The molecule has 2 amide bonds. The van der Waals surface area contributed by atoms with E-state index >= 15 is 0 Å². The lowest BCUT2D eigenvalue weighted by molar-refractivity contribution is 0.0789. The molecule has 3 heterocycles. The number of hydrogen-bond acceptors (Lipinski definition) is 5. The van der Waals surface area contributed by atoms with Gasteiger partial charge in [0, 0.05) is 7.05 Å². The fourth-order valence-electron chi connectivity index (χ4n) is 2.11. The molecule has 0 unspecified atom stereocenters. The molecule has 0 atom stereocenters. The number of fused-ring (bicyclic) bond motifs is 3. The summed E-state index contributed by atoms with van der Waals surface area (Å²) in [7, 11) is 1.69. The summed E-state index contributed by atoms with van der Waals surface area (Å²) in [6, 6.07) is 1.84. The predicted octanol–water partition coefficient (Wildman–Crippen LogP) is 0.123. The molecule has 0 spiro atoms. The number of rotatable bonds is 1. The summed E-state index contributed by atoms with van der Waals surface area (Å²) in [5.41, 5.74) is 3.70. The zero-order chi connectivity index (χ0) is 13.6. The van der Waals surface area contributed by atoms with Gasteiger partial charge in [0.15, 0.2) is 5.69 Å². The number of hydrogen-bond donors (Lipinski definition) is 2. The van der Waals surface area contributed by atoms with Crippen molar-refractivity contribution < 1.29 is 9.59 Å². The first-order chi connectivity index (χ1) is 9.13. The van der Waals surface area contributed by atoms with Crippen LogP contribution in [0.5, 0.6) is 0 Å². The molecule has 0 saturated heterocycles. The van der Waals surface area contributed by atoms with E-state index in [0.717, 1.165) is 5.69 Å². The lowest BCUT2D eigenvalue weighted by Crippen LogP contribution is -2.32. The third kappa shape index (κ3) is 1.65. The van der Waals surface area contributed by atoms with Crippen molar-refractivity contribution in [3.8, 4) is 5.69 Å². The van der Waals surface area contributed by atoms with Gasteiger partial charge < -0.3 is 4.90 Å². The van der Waals surface area contributed by atoms with Gasteiger partial charge in [-0.15, -0.1) is 11.3 Å². The van der Waals surface area contributed by atoms with Crippen molar-refractivity contribution in [1.82, 2.24) is 19.9 Å². The molecule has 0 aliphatic carbocycles. The van der Waals surface area contributed by atoms with Crippen LogP contribution in [0, 0.1) is 0 Å². The number of amides is 2. The van der Waals surface area contributed by atoms with E-state index in [-0.39, 0.29) is 11.6 Å². The second-order valence-electron chi connectivity index (χ2n) is 4.18. The number of carbonyl (C=O) groups is 2. The molecular weight excluding hydrogens is 266 g/mol. The molecule has 1 aliphatic heterocycles. The van der Waals surface area contributed by atoms with E-state index < -0.39 is 5.91 Å². The minimum atomic E-state index is -0.465. The van der Waals surface area contributed by atoms with Crippen LogP contribution in [0.2, 0.25) is 0 Å². The van der Waals surface area contributed by atoms with Gasteiger partial charge >= 0.3 is 0 Å². The number of nitrogens with one attached hydrogen (secondary N) is 1. The Hall–Kier alpha value is -2.19. The maximum Gasteiger partial charge on any atom is 0.285 e. The Morgan fingerprint density at radius 2 is 2.37 bits per heavy atom. The van der Waals surface area contributed by atoms with E-state index in [1.165, 1.54) is 17.7 Å². The molecule has 0 saturated carbocycles. The molecule has 3 rings (SSSR count). The predicted molar refractivity (Wildman–Crippen MR) is 68.9 cm³/mol. The van der Waals surface area contributed by atoms with E-state index in [1.807, 2.05) is 11.4 Å². The van der Waals surface area contributed by atoms with Crippen LogP contribution < -0.4 is 11.3 Å². The smallest absolute Gasteiger partial charge is 0.285 e. The van der Waals surface area contributed by atoms with Crippen LogP contribution in [0.25, 0.3) is 5.69 Å². The second kappa shape index (κ2) is 4.18. The summed E-state index contributed by atoms with van der Waals surface area (Å²) >= 11 is 1.37. The third-order valence-electron chi connectivity index (χ3n) is 3.04. The van der Waals surface area contributed by atoms with Crippen molar-refractivity contribution in [3.05, 3.63) is 34.0 Å². The maximum atomic E-state index is 12.2. The first kappa shape index (κ1) is 11.9. The standard InChI is InChI=1S/C11H11N5O2S/c1-15-4-7-8(10(17)14-12)13-5-16(7)6-2-3-19-9(6)11(15)18/h2-3,5H,4,12H2,1H3,(H,14,17). The average Bonchev–Trinajstić information content (AvgIpc) is 3.01. The van der Waals surface area contributed by atoms with Gasteiger partial charge in [-0.3, -0.25) is 19.6 Å². The fourth-order valence-corrected chi connectivity index (χ4v) is 2.99. The number of nitrogens with zero attached hydrogens (tertiary/aromatic N) is 3. The van der Waals surface area contributed by atoms with Crippen LogP contribution in [-0.4, -0.2) is 33.3 Å². The summed E-state index contributed by atoms with van der Waals surface area (Å²) in [6.45, 7) is 0.309. The highest BCUT2D eigenvalue weighted by Crippen LogP contribution is 2.29. The molecular formula is C11H11N5O2S. The number of aromatic nitrogens is 2. The van der Waals surface area contributed by atoms with Gasteiger partial charge in [0.05, 0.1) is 17.9 Å². The van der Waals surface area contributed by atoms with Crippen molar-refractivity contribution in [2.45, 2.75) is 6.54 Å². The topological polar surface area (TPSA) is 93.2 Å². The monoisotopic (exact) mass is 277 g/mol. The number of imidazole rings is 1. The molecule has 2 aromatic rings. The highest BCUT2D eigenvalue weighted by molar-refractivity contribution is 7.12. The Bertz CT molecular complexity index is 674. The van der Waals surface area contributed by atoms with E-state index in [2.05, 4.69) is 10.4 Å². The number of carbonyl (C=O) groups excluding carboxylic acids is 2. The third-order valence-corrected chi connectivity index (χ3v) is 3.94. The summed E-state index contributed by atoms with van der Waals surface area (Å²) in [5.74, 6) is 4.62. The summed E-state index contributed by atoms with van der Waals surface area (Å²) < 4.78 is 1.76. The van der Waals surface area contributed by atoms with Gasteiger partial charge in [0.2, 0.25) is 0 Å². The number of thiophene rings is 1. The average molecular weight is 277 g/mol. The lowest BCUT2D eigenvalue weighted by Gasteiger charge is -2.13. The molecule has 0 radical (unpaired) electrons. The fraction of sp³-hybridized carbons (Fsp3) is 0.182. The molecule has 1 aliphatic rings. The molecule has 7 nitrogen and oxygen atoms in total. The van der Waals surface area contributed by atoms with Gasteiger partial charge in [0.1, 0.15) is 11.2 Å². The Morgan fingerprint density at radius 3 is 3.11 bits per heavy atom. The van der Waals surface area contributed by atoms with Crippen molar-refractivity contribution in [3.63, 3.8) is 0 Å². The SMILES string of the molecule is CN1Cc2c(C(=O)NN)ncn2-c2ccsc2C1=O. The molecule has 0 fully saturated rings. The van der Waals surface area contributed by atoms with E-state index in [1.54, 1.807) is 16.5 Å². The van der Waals surface area contributed by atoms with Crippen LogP contribution in [-0.2, 0) is 6.54 Å². The normalized spacial score (nSPS) is 13.8. The molecule has 0 aromatic carbocycles. The molecule has 0 bridgehead atoms. The van der Waals surface area contributed by atoms with Gasteiger partial charge in [-0.2, -0.15) is 0 Å². The van der Waals surface area contributed by atoms with Crippen LogP contribution in [0.15, 0.2) is 17.8 Å². The van der Waals surface area contributed by atoms with E-state index in [9.17, 15) is 9.59 Å². The molecule has 2 aromatic heterocycles. The minimum Gasteiger partial charge on any atom is -0.335 e. The Kier molecular flexibility index (Phi) is 2.61. The minimum absolute atomic E-state index is 0.0622. The van der Waals surface area contributed by atoms with Crippen LogP contribution in [0.3, 0.4) is 0 Å². The van der Waals surface area contributed by atoms with Crippen LogP contribution >= 0.6 is 11.3 Å². The number of hydrazine groups is 1. The van der Waals surface area contributed by atoms with Gasteiger partial charge in [-0.25, -0.2) is 10.8 Å². The summed E-state index contributed by atoms with van der Waals surface area (Å²) in [6.07, 6.45) is 1.54. The summed E-state index contributed by atoms with van der Waals surface area (Å²) in [4.78, 5) is 30.2. The molecule has 19 heavy (non-hydrogen) atoms. The van der Waals surface area contributed by atoms with Gasteiger partial charge in [-0.1, -0.05) is 0 Å². The highest BCUT2D eigenvalue weighted by Gasteiger charge is 2.28. The number of nitrogen functional groups attached to an aromatic ring is 1. The van der Waals surface area contributed by atoms with Crippen molar-refractivity contribution in [2.24, 2.45) is 5.84 Å². The maximum absolute atomic E-state index is 12.2. The molecule has 98 valence electrons. The van der Waals surface area contributed by atoms with E-state index in [0.29, 0.717) is 17.1 Å². The second-order valence-corrected chi connectivity index (χ2v) is 5.10. The lowest BCUT2D eigenvalue weighted by atomic mass is 10.3. The van der Waals surface area contributed by atoms with Crippen molar-refractivity contribution >= 4 is 23.2 Å². The van der Waals surface area contributed by atoms with Crippen LogP contribution in [0.1, 0.15) is 25.9 Å². The highest BCUT2D eigenvalue weighted by atomic mass is 32.1. The Morgan fingerprint density at radius 1 is 1.58 bits per heavy atom. The van der Waals surface area contributed by atoms with Crippen LogP contribution in [0.4, 0.5) is 0 Å². The zero-order valence-corrected chi connectivity index (χ0v) is 10.9. The first-order valence-electron chi connectivity index (χ1n) is 5.54. The quantitative estimate of drug-likeness (QED) is 0.440. The zero-order valence-electron chi connectivity index (χ0n) is 10.1. The van der Waals surface area contributed by atoms with E-state index in [4.69, 9.17) is 5.84 Å². The van der Waals surface area contributed by atoms with Gasteiger partial charge in [0.25, 0.3) is 11.8 Å². The number of nitrogens with two attached hydrogens (primary N) is 1. The molecule has 8 heteroatoms. The van der Waals surface area contributed by atoms with Crippen molar-refractivity contribution in [1.29, 1.82) is 0 Å². The molecule has 3 N–H and O–H groups in total. The Balaban J connectivity index is 2.23. The summed E-state index contributed by atoms with van der Waals surface area (Å²) in [5, 5.41) is 1.84. The largest absolute Gasteiger partial charge is 0.335 e. The van der Waals surface area contributed by atoms with Gasteiger partial charge in [-0.05, 0) is 11.4 Å². The first-order valence-corrected chi connectivity index (χ1v) is 6.42. The van der Waals surface area contributed by atoms with Crippen molar-refractivity contribution in [2.75, 3.05) is 7.05 Å². The Labute approximate surface area is 112 Å².